The lowest BCUT2D eigenvalue weighted by atomic mass is 9.54. The molecule has 0 heterocycles. The first-order valence-corrected chi connectivity index (χ1v) is 9.27. The molecule has 134 valence electrons. The molecule has 0 saturated heterocycles. The van der Waals surface area contributed by atoms with Crippen LogP contribution in [0.2, 0.25) is 0 Å². The van der Waals surface area contributed by atoms with E-state index in [4.69, 9.17) is 9.47 Å². The summed E-state index contributed by atoms with van der Waals surface area (Å²) in [6, 6.07) is 0. The Labute approximate surface area is 148 Å². The van der Waals surface area contributed by atoms with Crippen molar-refractivity contribution < 1.29 is 19.1 Å². The van der Waals surface area contributed by atoms with E-state index in [1.54, 1.807) is 0 Å². The molecule has 5 atom stereocenters. The molecule has 0 aliphatic heterocycles. The van der Waals surface area contributed by atoms with E-state index in [-0.39, 0.29) is 22.7 Å². The molecule has 25 heavy (non-hydrogen) atoms. The van der Waals surface area contributed by atoms with Gasteiger partial charge in [-0.15, -0.1) is 0 Å². The minimum absolute atomic E-state index is 0.0179. The predicted molar refractivity (Wildman–Crippen MR) is 93.9 cm³/mol. The van der Waals surface area contributed by atoms with E-state index in [9.17, 15) is 9.59 Å². The number of hydrogen-bond donors (Lipinski definition) is 0. The third-order valence-corrected chi connectivity index (χ3v) is 7.23. The molecule has 4 nitrogen and oxygen atoms in total. The van der Waals surface area contributed by atoms with Crippen LogP contribution in [0, 0.1) is 22.7 Å². The Morgan fingerprint density at radius 3 is 2.84 bits per heavy atom. The van der Waals surface area contributed by atoms with Crippen molar-refractivity contribution in [3.05, 3.63) is 35.5 Å². The van der Waals surface area contributed by atoms with Crippen LogP contribution in [0.5, 0.6) is 0 Å². The maximum Gasteiger partial charge on any atom is 0.508 e. The van der Waals surface area contributed by atoms with Crippen molar-refractivity contribution in [1.29, 1.82) is 0 Å². The largest absolute Gasteiger partial charge is 0.508 e. The van der Waals surface area contributed by atoms with Crippen LogP contribution < -0.4 is 0 Å². The van der Waals surface area contributed by atoms with Crippen LogP contribution in [0.4, 0.5) is 4.79 Å². The van der Waals surface area contributed by atoms with Crippen molar-refractivity contribution in [2.24, 2.45) is 22.7 Å². The fraction of sp³-hybridized carbons (Fsp3) is 0.619. The van der Waals surface area contributed by atoms with Crippen LogP contribution in [-0.2, 0) is 14.3 Å². The number of carbonyl (C=O) groups excluding carboxylic acids is 2. The van der Waals surface area contributed by atoms with Gasteiger partial charge in [0.25, 0.3) is 0 Å². The van der Waals surface area contributed by atoms with Crippen LogP contribution >= 0.6 is 0 Å². The second kappa shape index (κ2) is 5.58. The Balaban J connectivity index is 1.68. The van der Waals surface area contributed by atoms with Crippen molar-refractivity contribution in [3.8, 4) is 0 Å². The number of fused-ring (bicyclic) bond motifs is 5. The third-order valence-electron chi connectivity index (χ3n) is 7.23. The summed E-state index contributed by atoms with van der Waals surface area (Å²) in [5.41, 5.74) is 2.57. The lowest BCUT2D eigenvalue weighted by molar-refractivity contribution is -0.115. The summed E-state index contributed by atoms with van der Waals surface area (Å²) in [6.07, 6.45) is 12.4. The van der Waals surface area contributed by atoms with Gasteiger partial charge in [0.2, 0.25) is 0 Å². The summed E-state index contributed by atoms with van der Waals surface area (Å²) < 4.78 is 10.3. The molecule has 0 radical (unpaired) electrons. The first kappa shape index (κ1) is 16.6. The van der Waals surface area contributed by atoms with Crippen molar-refractivity contribution >= 4 is 11.9 Å². The molecule has 5 unspecified atom stereocenters. The minimum Gasteiger partial charge on any atom is -0.438 e. The van der Waals surface area contributed by atoms with Gasteiger partial charge in [-0.1, -0.05) is 37.6 Å². The normalized spacial score (nSPS) is 41.9. The Hall–Kier alpha value is -1.84. The van der Waals surface area contributed by atoms with Crippen molar-refractivity contribution in [2.75, 3.05) is 7.11 Å². The second-order valence-corrected chi connectivity index (χ2v) is 8.40. The van der Waals surface area contributed by atoms with Crippen LogP contribution in [0.15, 0.2) is 35.5 Å². The van der Waals surface area contributed by atoms with E-state index in [1.807, 2.05) is 6.08 Å². The van der Waals surface area contributed by atoms with Crippen molar-refractivity contribution in [3.63, 3.8) is 0 Å². The maximum atomic E-state index is 11.8. The molecule has 0 aromatic carbocycles. The third kappa shape index (κ3) is 2.33. The van der Waals surface area contributed by atoms with Crippen LogP contribution in [0.25, 0.3) is 0 Å². The molecular formula is C21H26O4. The van der Waals surface area contributed by atoms with E-state index in [0.29, 0.717) is 18.3 Å². The fourth-order valence-corrected chi connectivity index (χ4v) is 5.65. The molecule has 1 fully saturated rings. The van der Waals surface area contributed by atoms with Gasteiger partial charge in [0, 0.05) is 23.2 Å². The summed E-state index contributed by atoms with van der Waals surface area (Å²) in [6.45, 7) is 4.53. The Morgan fingerprint density at radius 1 is 1.28 bits per heavy atom. The molecule has 4 aliphatic carbocycles. The summed E-state index contributed by atoms with van der Waals surface area (Å²) >= 11 is 0. The lowest BCUT2D eigenvalue weighted by Crippen LogP contribution is -2.45. The first-order chi connectivity index (χ1) is 11.9. The Kier molecular flexibility index (Phi) is 3.71. The number of hydrogen-bond acceptors (Lipinski definition) is 4. The van der Waals surface area contributed by atoms with Crippen molar-refractivity contribution in [1.82, 2.24) is 0 Å². The van der Waals surface area contributed by atoms with Gasteiger partial charge in [-0.3, -0.25) is 4.79 Å². The number of allylic oxidation sites excluding steroid dienone is 6. The highest BCUT2D eigenvalue weighted by Gasteiger charge is 2.56. The average molecular weight is 342 g/mol. The minimum atomic E-state index is -0.580. The SMILES string of the molecule is COC(=O)OC1CCC2C3C=CC4=CC(=O)CCC4(C)C3=CCC12C. The number of ether oxygens (including phenoxy) is 2. The molecular weight excluding hydrogens is 316 g/mol. The molecule has 0 bridgehead atoms. The van der Waals surface area contributed by atoms with E-state index in [0.717, 1.165) is 31.3 Å². The second-order valence-electron chi connectivity index (χ2n) is 8.40. The van der Waals surface area contributed by atoms with Gasteiger partial charge in [-0.25, -0.2) is 4.79 Å². The molecule has 4 rings (SSSR count). The van der Waals surface area contributed by atoms with Crippen LogP contribution in [0.1, 0.15) is 46.0 Å². The number of methoxy groups -OCH3 is 1. The van der Waals surface area contributed by atoms with Gasteiger partial charge in [-0.05, 0) is 43.3 Å². The molecule has 4 aliphatic rings. The van der Waals surface area contributed by atoms with Crippen molar-refractivity contribution in [2.45, 2.75) is 52.1 Å². The lowest BCUT2D eigenvalue weighted by Gasteiger charge is -2.50. The van der Waals surface area contributed by atoms with Gasteiger partial charge in [0.1, 0.15) is 6.10 Å². The first-order valence-electron chi connectivity index (χ1n) is 9.27. The molecule has 0 N–H and O–H groups in total. The smallest absolute Gasteiger partial charge is 0.438 e. The van der Waals surface area contributed by atoms with Gasteiger partial charge in [0.05, 0.1) is 7.11 Å². The maximum absolute atomic E-state index is 11.8. The highest BCUT2D eigenvalue weighted by atomic mass is 16.7. The quantitative estimate of drug-likeness (QED) is 0.524. The molecule has 0 amide bonds. The summed E-state index contributed by atoms with van der Waals surface area (Å²) in [7, 11) is 1.36. The summed E-state index contributed by atoms with van der Waals surface area (Å²) in [5, 5.41) is 0. The van der Waals surface area contributed by atoms with E-state index < -0.39 is 6.16 Å². The van der Waals surface area contributed by atoms with E-state index >= 15 is 0 Å². The average Bonchev–Trinajstić information content (AvgIpc) is 2.92. The molecule has 4 heteroatoms. The highest BCUT2D eigenvalue weighted by molar-refractivity contribution is 5.92. The zero-order valence-electron chi connectivity index (χ0n) is 15.2. The van der Waals surface area contributed by atoms with Gasteiger partial charge < -0.3 is 9.47 Å². The molecule has 0 spiro atoms. The summed E-state index contributed by atoms with van der Waals surface area (Å²) in [5.74, 6) is 1.08. The monoisotopic (exact) mass is 342 g/mol. The zero-order valence-corrected chi connectivity index (χ0v) is 15.2. The standard InChI is InChI=1S/C21H26O4/c1-20-10-8-14(22)12-13(20)4-5-15-16-6-7-18(25-19(23)24-3)21(16,2)11-9-17(15)20/h4-5,9,12,15-16,18H,6-8,10-11H2,1-3H3. The Bertz CT molecular complexity index is 715. The topological polar surface area (TPSA) is 52.6 Å². The predicted octanol–water partition coefficient (Wildman–Crippen LogP) is 4.37. The van der Waals surface area contributed by atoms with Gasteiger partial charge in [0.15, 0.2) is 5.78 Å². The Morgan fingerprint density at radius 2 is 2.08 bits per heavy atom. The molecule has 0 aromatic rings. The fourth-order valence-electron chi connectivity index (χ4n) is 5.65. The molecule has 1 saturated carbocycles. The van der Waals surface area contributed by atoms with Crippen LogP contribution in [0.3, 0.4) is 0 Å². The number of carbonyl (C=O) groups is 2. The van der Waals surface area contributed by atoms with Gasteiger partial charge in [-0.2, -0.15) is 0 Å². The van der Waals surface area contributed by atoms with Crippen LogP contribution in [-0.4, -0.2) is 25.2 Å². The van der Waals surface area contributed by atoms with Gasteiger partial charge >= 0.3 is 6.16 Å². The zero-order chi connectivity index (χ0) is 17.8. The molecule has 0 aromatic heterocycles. The van der Waals surface area contributed by atoms with E-state index in [1.165, 1.54) is 12.7 Å². The van der Waals surface area contributed by atoms with E-state index in [2.05, 4.69) is 32.1 Å². The highest BCUT2D eigenvalue weighted by Crippen LogP contribution is 2.61. The number of ketones is 1. The summed E-state index contributed by atoms with van der Waals surface area (Å²) in [4.78, 5) is 23.5. The number of rotatable bonds is 1.